The number of carbonyl (C=O) groups excluding carboxylic acids is 3. The Morgan fingerprint density at radius 2 is 0.962 bits per heavy atom. The molecule has 0 rings (SSSR count). The number of hydrogen-bond donors (Lipinski definition) is 0. The third-order valence-corrected chi connectivity index (χ3v) is 9.67. The van der Waals surface area contributed by atoms with E-state index in [1.807, 2.05) is 12.2 Å². The van der Waals surface area contributed by atoms with Crippen molar-refractivity contribution < 1.29 is 33.3 Å². The van der Waals surface area contributed by atoms with Gasteiger partial charge in [0.25, 0.3) is 0 Å². The van der Waals surface area contributed by atoms with E-state index in [4.69, 9.17) is 18.9 Å². The minimum absolute atomic E-state index is 0.0190. The standard InChI is InChI=1S/C45H82O7/c1-5-7-9-11-12-15-21-30-39-50-43(46)34-26-19-14-13-17-24-32-42(52-45(48)36-28-22-29-38-49-4)33-25-18-16-20-27-35-44(47)51-40-37-41(3)31-23-10-8-6-2/h21,30,37,42H,5-20,22-29,31-36,38-40H2,1-4H3/b30-21+,41-37-. The summed E-state index contributed by atoms with van der Waals surface area (Å²) in [4.78, 5) is 36.7. The van der Waals surface area contributed by atoms with Crippen molar-refractivity contribution in [3.05, 3.63) is 23.8 Å². The van der Waals surface area contributed by atoms with Gasteiger partial charge in [0, 0.05) is 33.0 Å². The number of carbonyl (C=O) groups is 3. The zero-order chi connectivity index (χ0) is 38.2. The largest absolute Gasteiger partial charge is 0.462 e. The Bertz CT molecular complexity index is 881. The molecule has 0 fully saturated rings. The summed E-state index contributed by atoms with van der Waals surface area (Å²) in [6, 6.07) is 0. The molecule has 0 aromatic heterocycles. The predicted octanol–water partition coefficient (Wildman–Crippen LogP) is 12.9. The first-order valence-corrected chi connectivity index (χ1v) is 21.7. The van der Waals surface area contributed by atoms with Gasteiger partial charge in [-0.05, 0) is 90.0 Å². The van der Waals surface area contributed by atoms with Crippen LogP contribution in [0.25, 0.3) is 0 Å². The molecule has 1 atom stereocenters. The molecular formula is C45H82O7. The molecule has 0 bridgehead atoms. The fourth-order valence-corrected chi connectivity index (χ4v) is 6.27. The van der Waals surface area contributed by atoms with Crippen LogP contribution >= 0.6 is 0 Å². The van der Waals surface area contributed by atoms with Crippen molar-refractivity contribution in [1.82, 2.24) is 0 Å². The molecule has 7 nitrogen and oxygen atoms in total. The van der Waals surface area contributed by atoms with Crippen molar-refractivity contribution in [2.75, 3.05) is 26.9 Å². The lowest BCUT2D eigenvalue weighted by Crippen LogP contribution is -2.18. The molecule has 0 N–H and O–H groups in total. The Labute approximate surface area is 320 Å². The Morgan fingerprint density at radius 1 is 0.500 bits per heavy atom. The molecular weight excluding hydrogens is 652 g/mol. The molecule has 304 valence electrons. The van der Waals surface area contributed by atoms with Crippen LogP contribution in [0.5, 0.6) is 0 Å². The van der Waals surface area contributed by atoms with E-state index in [0.717, 1.165) is 122 Å². The Morgan fingerprint density at radius 3 is 1.56 bits per heavy atom. The fraction of sp³-hybridized carbons (Fsp3) is 0.844. The monoisotopic (exact) mass is 735 g/mol. The molecule has 52 heavy (non-hydrogen) atoms. The zero-order valence-electron chi connectivity index (χ0n) is 34.5. The first-order valence-electron chi connectivity index (χ1n) is 21.7. The first kappa shape index (κ1) is 49.9. The smallest absolute Gasteiger partial charge is 0.306 e. The minimum Gasteiger partial charge on any atom is -0.462 e. The van der Waals surface area contributed by atoms with Crippen LogP contribution in [0.4, 0.5) is 0 Å². The van der Waals surface area contributed by atoms with Crippen molar-refractivity contribution >= 4 is 17.9 Å². The lowest BCUT2D eigenvalue weighted by atomic mass is 10.0. The van der Waals surface area contributed by atoms with Gasteiger partial charge in [-0.25, -0.2) is 0 Å². The second-order valence-electron chi connectivity index (χ2n) is 14.8. The summed E-state index contributed by atoms with van der Waals surface area (Å²) in [7, 11) is 1.71. The van der Waals surface area contributed by atoms with Gasteiger partial charge in [0.05, 0.1) is 0 Å². The molecule has 0 spiro atoms. The molecule has 0 heterocycles. The highest BCUT2D eigenvalue weighted by atomic mass is 16.5. The number of ether oxygens (including phenoxy) is 4. The predicted molar refractivity (Wildman–Crippen MR) is 216 cm³/mol. The summed E-state index contributed by atoms with van der Waals surface area (Å²) in [5.74, 6) is -0.277. The molecule has 0 aromatic carbocycles. The van der Waals surface area contributed by atoms with Gasteiger partial charge in [0.2, 0.25) is 0 Å². The molecule has 0 radical (unpaired) electrons. The van der Waals surface area contributed by atoms with E-state index in [0.29, 0.717) is 32.5 Å². The number of methoxy groups -OCH3 is 1. The Hall–Kier alpha value is -2.15. The highest BCUT2D eigenvalue weighted by Gasteiger charge is 2.14. The first-order chi connectivity index (χ1) is 25.4. The summed E-state index contributed by atoms with van der Waals surface area (Å²) >= 11 is 0. The van der Waals surface area contributed by atoms with Crippen molar-refractivity contribution in [3.8, 4) is 0 Å². The average Bonchev–Trinajstić information content (AvgIpc) is 3.13. The SMILES string of the molecule is CCCCCCC/C=C/COC(=O)CCCCCCCCC(CCCCCCCC(=O)OC/C=C(/C)CCCCCC)OC(=O)CCCCCOC. The van der Waals surface area contributed by atoms with E-state index in [1.54, 1.807) is 7.11 Å². The van der Waals surface area contributed by atoms with E-state index in [-0.39, 0.29) is 24.0 Å². The molecule has 7 heteroatoms. The van der Waals surface area contributed by atoms with Gasteiger partial charge in [-0.15, -0.1) is 0 Å². The third kappa shape index (κ3) is 37.6. The van der Waals surface area contributed by atoms with Crippen molar-refractivity contribution in [3.63, 3.8) is 0 Å². The third-order valence-electron chi connectivity index (χ3n) is 9.67. The van der Waals surface area contributed by atoms with E-state index in [9.17, 15) is 14.4 Å². The molecule has 0 saturated carbocycles. The van der Waals surface area contributed by atoms with Gasteiger partial charge in [-0.1, -0.05) is 128 Å². The van der Waals surface area contributed by atoms with Crippen molar-refractivity contribution in [1.29, 1.82) is 0 Å². The highest BCUT2D eigenvalue weighted by molar-refractivity contribution is 5.70. The lowest BCUT2D eigenvalue weighted by molar-refractivity contribution is -0.150. The van der Waals surface area contributed by atoms with Gasteiger partial charge in [-0.2, -0.15) is 0 Å². The number of esters is 3. The van der Waals surface area contributed by atoms with Crippen LogP contribution in [0.2, 0.25) is 0 Å². The molecule has 0 amide bonds. The normalized spacial score (nSPS) is 12.3. The van der Waals surface area contributed by atoms with Gasteiger partial charge >= 0.3 is 17.9 Å². The van der Waals surface area contributed by atoms with E-state index in [1.165, 1.54) is 63.4 Å². The van der Waals surface area contributed by atoms with Gasteiger partial charge < -0.3 is 18.9 Å². The topological polar surface area (TPSA) is 88.1 Å². The minimum atomic E-state index is -0.103. The fourth-order valence-electron chi connectivity index (χ4n) is 6.27. The van der Waals surface area contributed by atoms with E-state index in [2.05, 4.69) is 26.8 Å². The van der Waals surface area contributed by atoms with Gasteiger partial charge in [0.15, 0.2) is 0 Å². The van der Waals surface area contributed by atoms with Crippen LogP contribution < -0.4 is 0 Å². The molecule has 0 aliphatic rings. The Balaban J connectivity index is 4.16. The van der Waals surface area contributed by atoms with Crippen LogP contribution in [0.3, 0.4) is 0 Å². The number of hydrogen-bond acceptors (Lipinski definition) is 7. The number of rotatable bonds is 39. The highest BCUT2D eigenvalue weighted by Crippen LogP contribution is 2.19. The number of allylic oxidation sites excluding steroid dienone is 2. The zero-order valence-corrected chi connectivity index (χ0v) is 34.5. The quantitative estimate of drug-likeness (QED) is 0.0269. The molecule has 1 unspecified atom stereocenters. The summed E-state index contributed by atoms with van der Waals surface area (Å²) in [5.41, 5.74) is 1.31. The summed E-state index contributed by atoms with van der Waals surface area (Å²) in [6.45, 7) is 8.09. The maximum Gasteiger partial charge on any atom is 0.306 e. The van der Waals surface area contributed by atoms with Crippen LogP contribution in [-0.2, 0) is 33.3 Å². The van der Waals surface area contributed by atoms with Gasteiger partial charge in [0.1, 0.15) is 19.3 Å². The maximum absolute atomic E-state index is 12.6. The van der Waals surface area contributed by atoms with Crippen molar-refractivity contribution in [2.45, 2.75) is 219 Å². The lowest BCUT2D eigenvalue weighted by Gasteiger charge is -2.18. The van der Waals surface area contributed by atoms with E-state index < -0.39 is 0 Å². The summed E-state index contributed by atoms with van der Waals surface area (Å²) in [5, 5.41) is 0. The van der Waals surface area contributed by atoms with Crippen LogP contribution in [0, 0.1) is 0 Å². The van der Waals surface area contributed by atoms with Crippen molar-refractivity contribution in [2.24, 2.45) is 0 Å². The van der Waals surface area contributed by atoms with E-state index >= 15 is 0 Å². The second kappa shape index (κ2) is 40.0. The van der Waals surface area contributed by atoms with Crippen LogP contribution in [0.15, 0.2) is 23.8 Å². The van der Waals surface area contributed by atoms with Crippen LogP contribution in [-0.4, -0.2) is 50.9 Å². The number of unbranched alkanes of at least 4 members (excludes halogenated alkanes) is 19. The maximum atomic E-state index is 12.6. The average molecular weight is 735 g/mol. The van der Waals surface area contributed by atoms with Crippen LogP contribution in [0.1, 0.15) is 213 Å². The van der Waals surface area contributed by atoms with Gasteiger partial charge in [-0.3, -0.25) is 14.4 Å². The molecule has 0 aliphatic carbocycles. The molecule has 0 saturated heterocycles. The molecule has 0 aromatic rings. The second-order valence-corrected chi connectivity index (χ2v) is 14.8. The molecule has 0 aliphatic heterocycles. The summed E-state index contributed by atoms with van der Waals surface area (Å²) in [6.07, 6.45) is 37.1. The Kier molecular flexibility index (Phi) is 38.4. The summed E-state index contributed by atoms with van der Waals surface area (Å²) < 4.78 is 21.8.